The highest BCUT2D eigenvalue weighted by Crippen LogP contribution is 2.07. The van der Waals surface area contributed by atoms with Gasteiger partial charge < -0.3 is 21.1 Å². The predicted molar refractivity (Wildman–Crippen MR) is 44.8 cm³/mol. The van der Waals surface area contributed by atoms with Crippen LogP contribution in [-0.2, 0) is 4.79 Å². The molecule has 2 unspecified atom stereocenters. The topological polar surface area (TPSA) is 90.5 Å². The highest BCUT2D eigenvalue weighted by atomic mass is 16.3. The average Bonchev–Trinajstić information content (AvgIpc) is 2.09. The molecule has 1 saturated heterocycles. The lowest BCUT2D eigenvalue weighted by Gasteiger charge is -2.28. The quantitative estimate of drug-likeness (QED) is 0.403. The molecule has 0 spiro atoms. The van der Waals surface area contributed by atoms with Crippen molar-refractivity contribution in [2.75, 3.05) is 7.05 Å². The first kappa shape index (κ1) is 9.79. The average molecular weight is 187 g/mol. The number of hydrogen-bond acceptors (Lipinski definition) is 3. The molecule has 0 aromatic carbocycles. The Bertz CT molecular complexity index is 219. The van der Waals surface area contributed by atoms with Crippen LogP contribution >= 0.6 is 0 Å². The third kappa shape index (κ3) is 2.59. The van der Waals surface area contributed by atoms with E-state index in [4.69, 9.17) is 0 Å². The van der Waals surface area contributed by atoms with Gasteiger partial charge in [-0.15, -0.1) is 0 Å². The van der Waals surface area contributed by atoms with Crippen molar-refractivity contribution in [1.82, 2.24) is 16.0 Å². The summed E-state index contributed by atoms with van der Waals surface area (Å²) < 4.78 is 0. The molecule has 1 aliphatic heterocycles. The van der Waals surface area contributed by atoms with Gasteiger partial charge >= 0.3 is 6.03 Å². The van der Waals surface area contributed by atoms with E-state index in [-0.39, 0.29) is 11.9 Å². The van der Waals surface area contributed by atoms with Crippen LogP contribution in [0.3, 0.4) is 0 Å². The Morgan fingerprint density at radius 1 is 1.69 bits per heavy atom. The van der Waals surface area contributed by atoms with E-state index in [2.05, 4.69) is 16.0 Å². The number of aliphatic hydroxyl groups is 1. The molecule has 0 radical (unpaired) electrons. The molecule has 3 amide bonds. The van der Waals surface area contributed by atoms with Crippen LogP contribution in [0.5, 0.6) is 0 Å². The predicted octanol–water partition coefficient (Wildman–Crippen LogP) is -1.49. The van der Waals surface area contributed by atoms with Crippen molar-refractivity contribution in [3.8, 4) is 0 Å². The number of nitrogens with one attached hydrogen (secondary N) is 3. The number of hydrogen-bond donors (Lipinski definition) is 4. The number of aliphatic hydroxyl groups excluding tert-OH is 1. The molecule has 6 heteroatoms. The van der Waals surface area contributed by atoms with Crippen molar-refractivity contribution < 1.29 is 14.7 Å². The summed E-state index contributed by atoms with van der Waals surface area (Å²) in [6, 6.07) is -0.766. The lowest BCUT2D eigenvalue weighted by Crippen LogP contribution is -2.56. The van der Waals surface area contributed by atoms with Crippen molar-refractivity contribution in [3.05, 3.63) is 0 Å². The van der Waals surface area contributed by atoms with Gasteiger partial charge in [-0.1, -0.05) is 0 Å². The molecule has 1 rings (SSSR count). The van der Waals surface area contributed by atoms with E-state index in [0.717, 1.165) is 0 Å². The monoisotopic (exact) mass is 187 g/mol. The maximum absolute atomic E-state index is 10.9. The van der Waals surface area contributed by atoms with E-state index in [1.165, 1.54) is 7.05 Å². The highest BCUT2D eigenvalue weighted by molar-refractivity contribution is 5.78. The molecule has 6 nitrogen and oxygen atoms in total. The summed E-state index contributed by atoms with van der Waals surface area (Å²) in [4.78, 5) is 21.6. The number of urea groups is 1. The molecular formula is C7H13N3O3. The minimum atomic E-state index is -0.987. The van der Waals surface area contributed by atoms with Crippen LogP contribution in [0.4, 0.5) is 4.79 Å². The van der Waals surface area contributed by atoms with Crippen LogP contribution in [0, 0.1) is 0 Å². The molecule has 0 aromatic rings. The number of rotatable bonds is 1. The van der Waals surface area contributed by atoms with Crippen molar-refractivity contribution in [1.29, 1.82) is 0 Å². The highest BCUT2D eigenvalue weighted by Gasteiger charge is 2.27. The van der Waals surface area contributed by atoms with Crippen molar-refractivity contribution in [3.63, 3.8) is 0 Å². The molecular weight excluding hydrogens is 174 g/mol. The van der Waals surface area contributed by atoms with Gasteiger partial charge in [0, 0.05) is 13.5 Å². The van der Waals surface area contributed by atoms with Gasteiger partial charge in [0.1, 0.15) is 6.23 Å². The van der Waals surface area contributed by atoms with Crippen LogP contribution in [0.25, 0.3) is 0 Å². The van der Waals surface area contributed by atoms with E-state index >= 15 is 0 Å². The second kappa shape index (κ2) is 4.08. The summed E-state index contributed by atoms with van der Waals surface area (Å²) in [6.07, 6.45) is -0.204. The van der Waals surface area contributed by atoms with Crippen molar-refractivity contribution in [2.24, 2.45) is 0 Å². The third-order valence-electron chi connectivity index (χ3n) is 1.92. The standard InChI is InChI=1S/C7H13N3O3/c1-8-7(13)9-4-2-3-5(11)10-6(4)12/h4,6,12H,2-3H2,1H3,(H,10,11)(H2,8,9,13). The zero-order valence-corrected chi connectivity index (χ0v) is 7.33. The van der Waals surface area contributed by atoms with Crippen LogP contribution < -0.4 is 16.0 Å². The van der Waals surface area contributed by atoms with Gasteiger partial charge in [0.2, 0.25) is 5.91 Å². The Hall–Kier alpha value is -1.30. The van der Waals surface area contributed by atoms with Gasteiger partial charge in [-0.2, -0.15) is 0 Å². The smallest absolute Gasteiger partial charge is 0.314 e. The molecule has 1 fully saturated rings. The Morgan fingerprint density at radius 2 is 2.38 bits per heavy atom. The molecule has 0 saturated carbocycles. The van der Waals surface area contributed by atoms with Crippen LogP contribution in [0.1, 0.15) is 12.8 Å². The first-order chi connectivity index (χ1) is 6.13. The van der Waals surface area contributed by atoms with Gasteiger partial charge in [0.15, 0.2) is 0 Å². The Kier molecular flexibility index (Phi) is 3.07. The largest absolute Gasteiger partial charge is 0.372 e. The molecule has 0 bridgehead atoms. The van der Waals surface area contributed by atoms with Gasteiger partial charge in [0.25, 0.3) is 0 Å². The van der Waals surface area contributed by atoms with E-state index < -0.39 is 12.3 Å². The summed E-state index contributed by atoms with van der Waals surface area (Å²) in [5.74, 6) is -0.192. The lowest BCUT2D eigenvalue weighted by molar-refractivity contribution is -0.127. The van der Waals surface area contributed by atoms with Gasteiger partial charge in [-0.05, 0) is 6.42 Å². The van der Waals surface area contributed by atoms with E-state index in [1.807, 2.05) is 0 Å². The van der Waals surface area contributed by atoms with E-state index in [1.54, 1.807) is 0 Å². The van der Waals surface area contributed by atoms with Crippen molar-refractivity contribution >= 4 is 11.9 Å². The Balaban J connectivity index is 2.42. The van der Waals surface area contributed by atoms with Crippen LogP contribution in [-0.4, -0.2) is 36.4 Å². The van der Waals surface area contributed by atoms with E-state index in [0.29, 0.717) is 12.8 Å². The maximum Gasteiger partial charge on any atom is 0.314 e. The minimum absolute atomic E-state index is 0.192. The van der Waals surface area contributed by atoms with Gasteiger partial charge in [-0.3, -0.25) is 4.79 Å². The van der Waals surface area contributed by atoms with Crippen molar-refractivity contribution in [2.45, 2.75) is 25.1 Å². The molecule has 74 valence electrons. The van der Waals surface area contributed by atoms with Crippen LogP contribution in [0.2, 0.25) is 0 Å². The zero-order chi connectivity index (χ0) is 9.84. The summed E-state index contributed by atoms with van der Waals surface area (Å²) >= 11 is 0. The van der Waals surface area contributed by atoms with Gasteiger partial charge in [-0.25, -0.2) is 4.79 Å². The second-order valence-corrected chi connectivity index (χ2v) is 2.88. The molecule has 2 atom stereocenters. The maximum atomic E-state index is 10.9. The first-order valence-corrected chi connectivity index (χ1v) is 4.09. The molecule has 0 aromatic heterocycles. The summed E-state index contributed by atoms with van der Waals surface area (Å²) in [7, 11) is 1.49. The second-order valence-electron chi connectivity index (χ2n) is 2.88. The number of carbonyl (C=O) groups is 2. The molecule has 1 heterocycles. The number of piperidine rings is 1. The summed E-state index contributed by atoms with van der Waals surface area (Å²) in [6.45, 7) is 0. The zero-order valence-electron chi connectivity index (χ0n) is 7.33. The lowest BCUT2D eigenvalue weighted by atomic mass is 10.1. The normalized spacial score (nSPS) is 27.7. The fraction of sp³-hybridized carbons (Fsp3) is 0.714. The fourth-order valence-electron chi connectivity index (χ4n) is 1.17. The molecule has 0 aliphatic carbocycles. The Labute approximate surface area is 75.7 Å². The minimum Gasteiger partial charge on any atom is -0.372 e. The SMILES string of the molecule is CNC(=O)NC1CCC(=O)NC1O. The fourth-order valence-corrected chi connectivity index (χ4v) is 1.17. The molecule has 4 N–H and O–H groups in total. The van der Waals surface area contributed by atoms with E-state index in [9.17, 15) is 14.7 Å². The summed E-state index contributed by atoms with van der Waals surface area (Å²) in [5, 5.41) is 16.5. The molecule has 13 heavy (non-hydrogen) atoms. The third-order valence-corrected chi connectivity index (χ3v) is 1.92. The van der Waals surface area contributed by atoms with Crippen LogP contribution in [0.15, 0.2) is 0 Å². The number of carbonyl (C=O) groups excluding carboxylic acids is 2. The summed E-state index contributed by atoms with van der Waals surface area (Å²) in [5.41, 5.74) is 0. The van der Waals surface area contributed by atoms with Gasteiger partial charge in [0.05, 0.1) is 6.04 Å². The molecule has 1 aliphatic rings. The first-order valence-electron chi connectivity index (χ1n) is 4.09. The Morgan fingerprint density at radius 3 is 2.92 bits per heavy atom. The number of amides is 3.